The van der Waals surface area contributed by atoms with E-state index in [-0.39, 0.29) is 6.04 Å². The van der Waals surface area contributed by atoms with Crippen molar-refractivity contribution in [2.24, 2.45) is 0 Å². The second-order valence-electron chi connectivity index (χ2n) is 4.97. The molecular weight excluding hydrogens is 280 g/mol. The third kappa shape index (κ3) is 3.20. The summed E-state index contributed by atoms with van der Waals surface area (Å²) in [6.45, 7) is 4.97. The molecule has 0 aliphatic heterocycles. The summed E-state index contributed by atoms with van der Waals surface area (Å²) in [7, 11) is 0. The summed E-state index contributed by atoms with van der Waals surface area (Å²) in [5.41, 5.74) is 2.27. The number of hydrogen-bond donors (Lipinski definition) is 2. The maximum atomic E-state index is 4.70. The number of benzene rings is 1. The first kappa shape index (κ1) is 14.0. The molecule has 0 fully saturated rings. The standard InChI is InChI=1S/C16H18N4S/c1-11(19-10-14-17-8-9-18-14)15-12(2)20-16(21-15)13-6-4-3-5-7-13/h3-9,11,19H,10H2,1-2H3,(H,17,18). The Morgan fingerprint density at radius 2 is 2.10 bits per heavy atom. The Morgan fingerprint density at radius 3 is 2.81 bits per heavy atom. The molecule has 2 heterocycles. The minimum atomic E-state index is 0.255. The molecule has 3 aromatic rings. The lowest BCUT2D eigenvalue weighted by molar-refractivity contribution is 0.566. The lowest BCUT2D eigenvalue weighted by Crippen LogP contribution is -2.18. The van der Waals surface area contributed by atoms with Crippen molar-refractivity contribution in [1.82, 2.24) is 20.3 Å². The van der Waals surface area contributed by atoms with Crippen molar-refractivity contribution in [3.63, 3.8) is 0 Å². The van der Waals surface area contributed by atoms with Crippen molar-refractivity contribution in [2.75, 3.05) is 0 Å². The van der Waals surface area contributed by atoms with E-state index >= 15 is 0 Å². The Labute approximate surface area is 128 Å². The first-order valence-corrected chi connectivity index (χ1v) is 7.80. The number of nitrogens with one attached hydrogen (secondary N) is 2. The fourth-order valence-electron chi connectivity index (χ4n) is 2.25. The topological polar surface area (TPSA) is 53.6 Å². The van der Waals surface area contributed by atoms with Gasteiger partial charge >= 0.3 is 0 Å². The smallest absolute Gasteiger partial charge is 0.123 e. The van der Waals surface area contributed by atoms with Crippen LogP contribution in [0.25, 0.3) is 10.6 Å². The van der Waals surface area contributed by atoms with Gasteiger partial charge in [0.05, 0.1) is 12.2 Å². The van der Waals surface area contributed by atoms with Gasteiger partial charge in [-0.3, -0.25) is 0 Å². The molecule has 0 bridgehead atoms. The summed E-state index contributed by atoms with van der Waals surface area (Å²) in [4.78, 5) is 13.3. The molecule has 0 aliphatic carbocycles. The van der Waals surface area contributed by atoms with E-state index in [4.69, 9.17) is 4.98 Å². The molecule has 0 aliphatic rings. The van der Waals surface area contributed by atoms with Gasteiger partial charge in [-0.05, 0) is 13.8 Å². The van der Waals surface area contributed by atoms with Gasteiger partial charge in [0, 0.05) is 28.9 Å². The number of imidazole rings is 1. The maximum Gasteiger partial charge on any atom is 0.123 e. The van der Waals surface area contributed by atoms with Crippen LogP contribution in [0.2, 0.25) is 0 Å². The Balaban J connectivity index is 1.74. The van der Waals surface area contributed by atoms with Crippen molar-refractivity contribution in [2.45, 2.75) is 26.4 Å². The number of rotatable bonds is 5. The normalized spacial score (nSPS) is 12.5. The van der Waals surface area contributed by atoms with E-state index in [1.807, 2.05) is 24.4 Å². The summed E-state index contributed by atoms with van der Waals surface area (Å²) in [5.74, 6) is 0.951. The second kappa shape index (κ2) is 6.20. The number of hydrogen-bond acceptors (Lipinski definition) is 4. The van der Waals surface area contributed by atoms with Gasteiger partial charge in [-0.25, -0.2) is 9.97 Å². The van der Waals surface area contributed by atoms with Gasteiger partial charge in [0.25, 0.3) is 0 Å². The van der Waals surface area contributed by atoms with Crippen molar-refractivity contribution >= 4 is 11.3 Å². The fraction of sp³-hybridized carbons (Fsp3) is 0.250. The zero-order valence-corrected chi connectivity index (χ0v) is 12.9. The number of thiazole rings is 1. The average molecular weight is 298 g/mol. The van der Waals surface area contributed by atoms with Gasteiger partial charge in [-0.1, -0.05) is 30.3 Å². The van der Waals surface area contributed by atoms with Gasteiger partial charge in [-0.15, -0.1) is 11.3 Å². The molecule has 1 aromatic carbocycles. The number of aromatic nitrogens is 3. The quantitative estimate of drug-likeness (QED) is 0.755. The third-order valence-electron chi connectivity index (χ3n) is 3.38. The highest BCUT2D eigenvalue weighted by Crippen LogP contribution is 2.31. The zero-order valence-electron chi connectivity index (χ0n) is 12.1. The van der Waals surface area contributed by atoms with E-state index in [2.05, 4.69) is 41.3 Å². The second-order valence-corrected chi connectivity index (χ2v) is 6.00. The van der Waals surface area contributed by atoms with E-state index in [9.17, 15) is 0 Å². The third-order valence-corrected chi connectivity index (χ3v) is 4.77. The molecule has 21 heavy (non-hydrogen) atoms. The van der Waals surface area contributed by atoms with Gasteiger partial charge < -0.3 is 10.3 Å². The van der Waals surface area contributed by atoms with Gasteiger partial charge in [-0.2, -0.15) is 0 Å². The fourth-order valence-corrected chi connectivity index (χ4v) is 3.35. The van der Waals surface area contributed by atoms with Crippen LogP contribution in [0.15, 0.2) is 42.7 Å². The number of aryl methyl sites for hydroxylation is 1. The molecule has 0 radical (unpaired) electrons. The number of nitrogens with zero attached hydrogens (tertiary/aromatic N) is 2. The SMILES string of the molecule is Cc1nc(-c2ccccc2)sc1C(C)NCc1ncc[nH]1. The Kier molecular flexibility index (Phi) is 4.13. The lowest BCUT2D eigenvalue weighted by atomic mass is 10.2. The zero-order chi connectivity index (χ0) is 14.7. The van der Waals surface area contributed by atoms with E-state index in [1.165, 1.54) is 10.4 Å². The number of aromatic amines is 1. The van der Waals surface area contributed by atoms with Gasteiger partial charge in [0.2, 0.25) is 0 Å². The highest BCUT2D eigenvalue weighted by atomic mass is 32.1. The minimum Gasteiger partial charge on any atom is -0.348 e. The first-order valence-electron chi connectivity index (χ1n) is 6.98. The molecule has 2 N–H and O–H groups in total. The van der Waals surface area contributed by atoms with Crippen molar-refractivity contribution < 1.29 is 0 Å². The van der Waals surface area contributed by atoms with Crippen LogP contribution < -0.4 is 5.32 Å². The Morgan fingerprint density at radius 1 is 1.29 bits per heavy atom. The van der Waals surface area contributed by atoms with Crippen LogP contribution in [0.4, 0.5) is 0 Å². The van der Waals surface area contributed by atoms with Crippen LogP contribution in [0.1, 0.15) is 29.4 Å². The maximum absolute atomic E-state index is 4.70. The highest BCUT2D eigenvalue weighted by Gasteiger charge is 2.15. The van der Waals surface area contributed by atoms with Crippen LogP contribution in [0, 0.1) is 6.92 Å². The van der Waals surface area contributed by atoms with Crippen molar-refractivity contribution in [1.29, 1.82) is 0 Å². The van der Waals surface area contributed by atoms with E-state index in [1.54, 1.807) is 17.5 Å². The first-order chi connectivity index (χ1) is 10.2. The van der Waals surface area contributed by atoms with Crippen molar-refractivity contribution in [3.8, 4) is 10.6 Å². The summed E-state index contributed by atoms with van der Waals surface area (Å²) in [5, 5.41) is 4.56. The summed E-state index contributed by atoms with van der Waals surface area (Å²) >= 11 is 1.75. The van der Waals surface area contributed by atoms with Gasteiger partial charge in [0.1, 0.15) is 10.8 Å². The molecule has 0 spiro atoms. The molecule has 0 saturated heterocycles. The highest BCUT2D eigenvalue weighted by molar-refractivity contribution is 7.15. The summed E-state index contributed by atoms with van der Waals surface area (Å²) < 4.78 is 0. The molecule has 2 aromatic heterocycles. The molecule has 4 nitrogen and oxygen atoms in total. The average Bonchev–Trinajstić information content (AvgIpc) is 3.15. The number of H-pyrrole nitrogens is 1. The molecule has 1 atom stereocenters. The molecular formula is C16H18N4S. The molecule has 0 saturated carbocycles. The van der Waals surface area contributed by atoms with Crippen molar-refractivity contribution in [3.05, 3.63) is 59.1 Å². The van der Waals surface area contributed by atoms with Crippen LogP contribution in [0.5, 0.6) is 0 Å². The molecule has 3 rings (SSSR count). The van der Waals surface area contributed by atoms with Crippen LogP contribution in [0.3, 0.4) is 0 Å². The van der Waals surface area contributed by atoms with Gasteiger partial charge in [0.15, 0.2) is 0 Å². The Bertz CT molecular complexity index is 688. The largest absolute Gasteiger partial charge is 0.348 e. The minimum absolute atomic E-state index is 0.255. The molecule has 1 unspecified atom stereocenters. The monoisotopic (exact) mass is 298 g/mol. The Hall–Kier alpha value is -1.98. The van der Waals surface area contributed by atoms with E-state index in [0.29, 0.717) is 0 Å². The molecule has 5 heteroatoms. The van der Waals surface area contributed by atoms with Crippen LogP contribution >= 0.6 is 11.3 Å². The molecule has 0 amide bonds. The molecule has 108 valence electrons. The van der Waals surface area contributed by atoms with E-state index < -0.39 is 0 Å². The van der Waals surface area contributed by atoms with Crippen LogP contribution in [-0.4, -0.2) is 15.0 Å². The summed E-state index contributed by atoms with van der Waals surface area (Å²) in [6, 6.07) is 10.6. The summed E-state index contributed by atoms with van der Waals surface area (Å²) in [6.07, 6.45) is 3.61. The predicted molar refractivity (Wildman–Crippen MR) is 86.1 cm³/mol. The van der Waals surface area contributed by atoms with E-state index in [0.717, 1.165) is 23.1 Å². The van der Waals surface area contributed by atoms with Crippen LogP contribution in [-0.2, 0) is 6.54 Å². The lowest BCUT2D eigenvalue weighted by Gasteiger charge is -2.11. The predicted octanol–water partition coefficient (Wildman–Crippen LogP) is 3.69.